The zero-order valence-electron chi connectivity index (χ0n) is 12.6. The highest BCUT2D eigenvalue weighted by molar-refractivity contribution is 5.76. The van der Waals surface area contributed by atoms with Crippen molar-refractivity contribution < 1.29 is 14.7 Å². The van der Waals surface area contributed by atoms with Crippen LogP contribution in [0.4, 0.5) is 4.79 Å². The molecule has 0 spiro atoms. The van der Waals surface area contributed by atoms with Crippen LogP contribution >= 0.6 is 0 Å². The zero-order valence-corrected chi connectivity index (χ0v) is 12.6. The highest BCUT2D eigenvalue weighted by Gasteiger charge is 2.26. The number of hydrogen-bond acceptors (Lipinski definition) is 3. The molecule has 114 valence electrons. The number of carbonyl (C=O) groups excluding carboxylic acids is 1. The number of carboxylic acids is 1. The van der Waals surface area contributed by atoms with Gasteiger partial charge in [-0.3, -0.25) is 4.79 Å². The van der Waals surface area contributed by atoms with Crippen molar-refractivity contribution in [3.05, 3.63) is 12.2 Å². The van der Waals surface area contributed by atoms with Crippen LogP contribution in [0.2, 0.25) is 0 Å². The van der Waals surface area contributed by atoms with Crippen LogP contribution in [0.25, 0.3) is 0 Å². The molecule has 0 aromatic carbocycles. The number of carboxylic acid groups (broad SMARTS) is 1. The molecular weight excluding hydrogens is 258 g/mol. The fraction of sp³-hybridized carbons (Fsp3) is 0.714. The number of likely N-dealkylation sites (N-methyl/N-ethyl adjacent to an activating group) is 1. The summed E-state index contributed by atoms with van der Waals surface area (Å²) in [6.07, 6.45) is 3.80. The second-order valence-corrected chi connectivity index (χ2v) is 5.90. The van der Waals surface area contributed by atoms with Gasteiger partial charge in [-0.05, 0) is 26.4 Å². The molecule has 6 heteroatoms. The normalized spacial score (nSPS) is 23.1. The number of nitrogens with one attached hydrogen (secondary N) is 2. The molecule has 20 heavy (non-hydrogen) atoms. The van der Waals surface area contributed by atoms with Crippen LogP contribution in [0.3, 0.4) is 0 Å². The van der Waals surface area contributed by atoms with E-state index in [4.69, 9.17) is 5.11 Å². The molecule has 6 nitrogen and oxygen atoms in total. The van der Waals surface area contributed by atoms with Crippen LogP contribution in [0.5, 0.6) is 0 Å². The Morgan fingerprint density at radius 2 is 2.00 bits per heavy atom. The third kappa shape index (κ3) is 5.21. The Bertz CT molecular complexity index is 380. The molecule has 0 saturated heterocycles. The zero-order chi connectivity index (χ0) is 15.3. The summed E-state index contributed by atoms with van der Waals surface area (Å²) in [4.78, 5) is 24.8. The Labute approximate surface area is 120 Å². The lowest BCUT2D eigenvalue weighted by Crippen LogP contribution is -2.50. The van der Waals surface area contributed by atoms with Crippen molar-refractivity contribution in [2.45, 2.75) is 32.4 Å². The van der Waals surface area contributed by atoms with Gasteiger partial charge >= 0.3 is 12.0 Å². The van der Waals surface area contributed by atoms with Crippen LogP contribution in [-0.4, -0.2) is 54.7 Å². The van der Waals surface area contributed by atoms with Gasteiger partial charge in [0.25, 0.3) is 0 Å². The van der Waals surface area contributed by atoms with Gasteiger partial charge in [0, 0.05) is 12.6 Å². The lowest BCUT2D eigenvalue weighted by atomic mass is 10.0. The van der Waals surface area contributed by atoms with E-state index in [0.29, 0.717) is 12.3 Å². The minimum atomic E-state index is -0.848. The number of nitrogens with zero attached hydrogens (tertiary/aromatic N) is 1. The quantitative estimate of drug-likeness (QED) is 0.633. The third-order valence-electron chi connectivity index (χ3n) is 3.40. The molecule has 0 aromatic heterocycles. The summed E-state index contributed by atoms with van der Waals surface area (Å²) < 4.78 is 0. The van der Waals surface area contributed by atoms with E-state index in [2.05, 4.69) is 24.5 Å². The molecule has 0 aromatic rings. The molecule has 1 aliphatic carbocycles. The Hall–Kier alpha value is -1.56. The molecule has 1 aliphatic rings. The Morgan fingerprint density at radius 3 is 2.45 bits per heavy atom. The van der Waals surface area contributed by atoms with E-state index in [0.717, 1.165) is 6.54 Å². The molecule has 0 radical (unpaired) electrons. The van der Waals surface area contributed by atoms with E-state index >= 15 is 0 Å². The predicted octanol–water partition coefficient (Wildman–Crippen LogP) is 0.901. The van der Waals surface area contributed by atoms with Crippen molar-refractivity contribution in [2.24, 2.45) is 11.8 Å². The van der Waals surface area contributed by atoms with Crippen molar-refractivity contribution in [3.8, 4) is 0 Å². The molecule has 0 bridgehead atoms. The molecule has 3 unspecified atom stereocenters. The Morgan fingerprint density at radius 1 is 1.35 bits per heavy atom. The van der Waals surface area contributed by atoms with Crippen molar-refractivity contribution in [3.63, 3.8) is 0 Å². The Balaban J connectivity index is 2.43. The summed E-state index contributed by atoms with van der Waals surface area (Å²) in [5.74, 6) is -1.02. The van der Waals surface area contributed by atoms with Crippen molar-refractivity contribution in [2.75, 3.05) is 20.6 Å². The molecule has 0 heterocycles. The second-order valence-electron chi connectivity index (χ2n) is 5.90. The van der Waals surface area contributed by atoms with E-state index in [9.17, 15) is 9.59 Å². The van der Waals surface area contributed by atoms with Crippen LogP contribution < -0.4 is 10.6 Å². The molecule has 0 aliphatic heterocycles. The number of urea groups is 1. The summed E-state index contributed by atoms with van der Waals surface area (Å²) in [5, 5.41) is 14.6. The third-order valence-corrected chi connectivity index (χ3v) is 3.40. The fourth-order valence-electron chi connectivity index (χ4n) is 2.18. The summed E-state index contributed by atoms with van der Waals surface area (Å²) in [6.45, 7) is 4.89. The Kier molecular flexibility index (Phi) is 6.01. The lowest BCUT2D eigenvalue weighted by molar-refractivity contribution is -0.140. The van der Waals surface area contributed by atoms with E-state index in [1.807, 2.05) is 19.0 Å². The first-order valence-electron chi connectivity index (χ1n) is 6.92. The highest BCUT2D eigenvalue weighted by Crippen LogP contribution is 2.17. The maximum atomic E-state index is 11.9. The van der Waals surface area contributed by atoms with Gasteiger partial charge in [-0.1, -0.05) is 26.0 Å². The SMILES string of the molecule is CC(C)C(CN(C)C)NC(=O)NC1C=CC(C(=O)O)C1. The topological polar surface area (TPSA) is 81.7 Å². The first-order chi connectivity index (χ1) is 9.29. The maximum Gasteiger partial charge on any atom is 0.315 e. The van der Waals surface area contributed by atoms with Crippen LogP contribution in [-0.2, 0) is 4.79 Å². The van der Waals surface area contributed by atoms with Gasteiger partial charge in [-0.2, -0.15) is 0 Å². The molecule has 0 fully saturated rings. The number of rotatable bonds is 6. The summed E-state index contributed by atoms with van der Waals surface area (Å²) >= 11 is 0. The number of aliphatic carboxylic acids is 1. The van der Waals surface area contributed by atoms with Gasteiger partial charge < -0.3 is 20.6 Å². The van der Waals surface area contributed by atoms with Crippen molar-refractivity contribution >= 4 is 12.0 Å². The van der Waals surface area contributed by atoms with Gasteiger partial charge in [0.2, 0.25) is 0 Å². The average molecular weight is 283 g/mol. The van der Waals surface area contributed by atoms with Gasteiger partial charge in [0.1, 0.15) is 0 Å². The molecule has 1 rings (SSSR count). The summed E-state index contributed by atoms with van der Waals surface area (Å²) in [5.41, 5.74) is 0. The second kappa shape index (κ2) is 7.28. The van der Waals surface area contributed by atoms with E-state index in [1.54, 1.807) is 12.2 Å². The van der Waals surface area contributed by atoms with Gasteiger partial charge in [0.15, 0.2) is 0 Å². The highest BCUT2D eigenvalue weighted by atomic mass is 16.4. The number of amides is 2. The fourth-order valence-corrected chi connectivity index (χ4v) is 2.18. The van der Waals surface area contributed by atoms with Crippen LogP contribution in [0, 0.1) is 11.8 Å². The minimum Gasteiger partial charge on any atom is -0.481 e. The van der Waals surface area contributed by atoms with Crippen LogP contribution in [0.15, 0.2) is 12.2 Å². The number of carbonyl (C=O) groups is 2. The van der Waals surface area contributed by atoms with E-state index < -0.39 is 11.9 Å². The average Bonchev–Trinajstić information content (AvgIpc) is 2.75. The van der Waals surface area contributed by atoms with Gasteiger partial charge in [-0.15, -0.1) is 0 Å². The number of hydrogen-bond donors (Lipinski definition) is 3. The first kappa shape index (κ1) is 16.5. The first-order valence-corrected chi connectivity index (χ1v) is 6.92. The molecular formula is C14H25N3O3. The van der Waals surface area contributed by atoms with Crippen molar-refractivity contribution in [1.29, 1.82) is 0 Å². The largest absolute Gasteiger partial charge is 0.481 e. The van der Waals surface area contributed by atoms with Gasteiger partial charge in [-0.25, -0.2) is 4.79 Å². The molecule has 2 amide bonds. The lowest BCUT2D eigenvalue weighted by Gasteiger charge is -2.26. The monoisotopic (exact) mass is 283 g/mol. The van der Waals surface area contributed by atoms with Crippen LogP contribution in [0.1, 0.15) is 20.3 Å². The molecule has 3 N–H and O–H groups in total. The maximum absolute atomic E-state index is 11.9. The molecule has 3 atom stereocenters. The standard InChI is InChI=1S/C14H25N3O3/c1-9(2)12(8-17(3)4)16-14(20)15-11-6-5-10(7-11)13(18)19/h5-6,9-12H,7-8H2,1-4H3,(H,18,19)(H2,15,16,20). The predicted molar refractivity (Wildman–Crippen MR) is 77.5 cm³/mol. The summed E-state index contributed by atoms with van der Waals surface area (Å²) in [7, 11) is 3.93. The van der Waals surface area contributed by atoms with E-state index in [1.165, 1.54) is 0 Å². The van der Waals surface area contributed by atoms with Gasteiger partial charge in [0.05, 0.1) is 12.0 Å². The van der Waals surface area contributed by atoms with E-state index in [-0.39, 0.29) is 18.1 Å². The minimum absolute atomic E-state index is 0.0608. The summed E-state index contributed by atoms with van der Waals surface area (Å²) in [6, 6.07) is -0.389. The molecule has 0 saturated carbocycles. The smallest absolute Gasteiger partial charge is 0.315 e. The van der Waals surface area contributed by atoms with Crippen molar-refractivity contribution in [1.82, 2.24) is 15.5 Å².